The van der Waals surface area contributed by atoms with E-state index in [0.717, 1.165) is 17.1 Å². The molecule has 17 heavy (non-hydrogen) atoms. The maximum atomic E-state index is 5.74. The third-order valence-electron chi connectivity index (χ3n) is 2.96. The van der Waals surface area contributed by atoms with Crippen molar-refractivity contribution in [3.8, 4) is 5.75 Å². The third kappa shape index (κ3) is 1.68. The highest BCUT2D eigenvalue weighted by atomic mass is 16.5. The first-order valence-electron chi connectivity index (χ1n) is 5.65. The van der Waals surface area contributed by atoms with Crippen LogP contribution in [-0.4, -0.2) is 21.8 Å². The molecule has 0 radical (unpaired) electrons. The molecule has 0 fully saturated rings. The van der Waals surface area contributed by atoms with E-state index >= 15 is 0 Å². The van der Waals surface area contributed by atoms with Gasteiger partial charge in [0.15, 0.2) is 5.82 Å². The SMILES string of the molecule is CC(N)c1n[nH]c(C2COc3ccccc32)n1. The fraction of sp³-hybridized carbons (Fsp3) is 0.333. The maximum absolute atomic E-state index is 5.74. The minimum absolute atomic E-state index is 0.131. The van der Waals surface area contributed by atoms with Crippen LogP contribution in [0, 0.1) is 0 Å². The van der Waals surface area contributed by atoms with E-state index in [4.69, 9.17) is 10.5 Å². The van der Waals surface area contributed by atoms with Gasteiger partial charge in [0.25, 0.3) is 0 Å². The highest BCUT2D eigenvalue weighted by Gasteiger charge is 2.28. The minimum Gasteiger partial charge on any atom is -0.492 e. The van der Waals surface area contributed by atoms with Crippen molar-refractivity contribution in [2.45, 2.75) is 18.9 Å². The molecular formula is C12H14N4O. The van der Waals surface area contributed by atoms with Crippen molar-refractivity contribution in [2.75, 3.05) is 6.61 Å². The molecule has 1 aliphatic rings. The molecule has 0 amide bonds. The van der Waals surface area contributed by atoms with E-state index in [9.17, 15) is 0 Å². The van der Waals surface area contributed by atoms with Crippen LogP contribution in [0.25, 0.3) is 0 Å². The Kier molecular flexibility index (Phi) is 2.33. The van der Waals surface area contributed by atoms with Crippen molar-refractivity contribution in [1.29, 1.82) is 0 Å². The van der Waals surface area contributed by atoms with Gasteiger partial charge in [0.2, 0.25) is 0 Å². The number of nitrogens with two attached hydrogens (primary N) is 1. The van der Waals surface area contributed by atoms with E-state index in [-0.39, 0.29) is 12.0 Å². The number of fused-ring (bicyclic) bond motifs is 1. The van der Waals surface area contributed by atoms with E-state index in [1.807, 2.05) is 25.1 Å². The number of nitrogens with one attached hydrogen (secondary N) is 1. The molecule has 0 saturated heterocycles. The first-order valence-corrected chi connectivity index (χ1v) is 5.65. The van der Waals surface area contributed by atoms with Crippen molar-refractivity contribution in [3.05, 3.63) is 41.5 Å². The molecule has 5 heteroatoms. The number of H-pyrrole nitrogens is 1. The monoisotopic (exact) mass is 230 g/mol. The molecule has 5 nitrogen and oxygen atoms in total. The fourth-order valence-corrected chi connectivity index (χ4v) is 2.04. The second-order valence-corrected chi connectivity index (χ2v) is 4.27. The zero-order valence-electron chi connectivity index (χ0n) is 9.55. The number of aromatic amines is 1. The van der Waals surface area contributed by atoms with Crippen LogP contribution < -0.4 is 10.5 Å². The molecule has 2 heterocycles. The van der Waals surface area contributed by atoms with Gasteiger partial charge in [0.1, 0.15) is 18.2 Å². The predicted molar refractivity (Wildman–Crippen MR) is 62.8 cm³/mol. The van der Waals surface area contributed by atoms with Crippen LogP contribution in [0.1, 0.15) is 36.1 Å². The Morgan fingerprint density at radius 2 is 2.29 bits per heavy atom. The largest absolute Gasteiger partial charge is 0.492 e. The summed E-state index contributed by atoms with van der Waals surface area (Å²) in [6, 6.07) is 7.84. The molecule has 1 aliphatic heterocycles. The summed E-state index contributed by atoms with van der Waals surface area (Å²) >= 11 is 0. The molecule has 0 bridgehead atoms. The Labute approximate surface area is 99.0 Å². The van der Waals surface area contributed by atoms with Crippen LogP contribution in [0.4, 0.5) is 0 Å². The van der Waals surface area contributed by atoms with E-state index < -0.39 is 0 Å². The van der Waals surface area contributed by atoms with E-state index in [1.54, 1.807) is 0 Å². The summed E-state index contributed by atoms with van der Waals surface area (Å²) in [5.41, 5.74) is 6.90. The van der Waals surface area contributed by atoms with Gasteiger partial charge in [-0.05, 0) is 13.0 Å². The number of benzene rings is 1. The molecule has 3 N–H and O–H groups in total. The van der Waals surface area contributed by atoms with Gasteiger partial charge in [-0.3, -0.25) is 5.10 Å². The number of rotatable bonds is 2. The Morgan fingerprint density at radius 3 is 3.06 bits per heavy atom. The normalized spacial score (nSPS) is 19.8. The molecule has 2 aromatic rings. The van der Waals surface area contributed by atoms with Gasteiger partial charge in [-0.25, -0.2) is 4.98 Å². The van der Waals surface area contributed by atoms with Crippen LogP contribution in [-0.2, 0) is 0 Å². The molecule has 88 valence electrons. The molecule has 2 unspecified atom stereocenters. The summed E-state index contributed by atoms with van der Waals surface area (Å²) in [7, 11) is 0. The molecule has 1 aromatic carbocycles. The van der Waals surface area contributed by atoms with Crippen molar-refractivity contribution in [1.82, 2.24) is 15.2 Å². The Hall–Kier alpha value is -1.88. The average molecular weight is 230 g/mol. The number of para-hydroxylation sites is 1. The predicted octanol–water partition coefficient (Wildman–Crippen LogP) is 1.35. The second kappa shape index (κ2) is 3.85. The van der Waals surface area contributed by atoms with Crippen LogP contribution in [0.15, 0.2) is 24.3 Å². The molecule has 1 aromatic heterocycles. The van der Waals surface area contributed by atoms with Gasteiger partial charge in [-0.2, -0.15) is 5.10 Å². The lowest BCUT2D eigenvalue weighted by molar-refractivity contribution is 0.340. The molecular weight excluding hydrogens is 216 g/mol. The summed E-state index contributed by atoms with van der Waals surface area (Å²) in [4.78, 5) is 4.42. The van der Waals surface area contributed by atoms with Gasteiger partial charge >= 0.3 is 0 Å². The topological polar surface area (TPSA) is 76.8 Å². The lowest BCUT2D eigenvalue weighted by atomic mass is 10.0. The number of aromatic nitrogens is 3. The van der Waals surface area contributed by atoms with E-state index in [1.165, 1.54) is 0 Å². The van der Waals surface area contributed by atoms with Gasteiger partial charge < -0.3 is 10.5 Å². The van der Waals surface area contributed by atoms with Gasteiger partial charge in [-0.15, -0.1) is 0 Å². The van der Waals surface area contributed by atoms with Crippen LogP contribution in [0.5, 0.6) is 5.75 Å². The second-order valence-electron chi connectivity index (χ2n) is 4.27. The molecule has 0 saturated carbocycles. The van der Waals surface area contributed by atoms with Crippen LogP contribution >= 0.6 is 0 Å². The zero-order chi connectivity index (χ0) is 11.8. The molecule has 0 spiro atoms. The maximum Gasteiger partial charge on any atom is 0.167 e. The van der Waals surface area contributed by atoms with Crippen molar-refractivity contribution < 1.29 is 4.74 Å². The van der Waals surface area contributed by atoms with Gasteiger partial charge in [-0.1, -0.05) is 18.2 Å². The third-order valence-corrected chi connectivity index (χ3v) is 2.96. The Balaban J connectivity index is 1.95. The number of nitrogens with zero attached hydrogens (tertiary/aromatic N) is 2. The summed E-state index contributed by atoms with van der Waals surface area (Å²) < 4.78 is 5.62. The van der Waals surface area contributed by atoms with Crippen LogP contribution in [0.2, 0.25) is 0 Å². The van der Waals surface area contributed by atoms with E-state index in [2.05, 4.69) is 21.2 Å². The minimum atomic E-state index is -0.155. The summed E-state index contributed by atoms with van der Waals surface area (Å²) in [5, 5.41) is 7.07. The molecule has 2 atom stereocenters. The number of hydrogen-bond donors (Lipinski definition) is 2. The molecule has 0 aliphatic carbocycles. The standard InChI is InChI=1S/C12H14N4O/c1-7(13)11-14-12(16-15-11)9-6-17-10-5-3-2-4-8(9)10/h2-5,7,9H,6,13H2,1H3,(H,14,15,16). The average Bonchev–Trinajstić information content (AvgIpc) is 2.95. The van der Waals surface area contributed by atoms with Crippen molar-refractivity contribution >= 4 is 0 Å². The number of hydrogen-bond acceptors (Lipinski definition) is 4. The Bertz CT molecular complexity index is 535. The lowest BCUT2D eigenvalue weighted by Crippen LogP contribution is -2.08. The first kappa shape index (κ1) is 10.3. The van der Waals surface area contributed by atoms with Gasteiger partial charge in [0, 0.05) is 5.56 Å². The highest BCUT2D eigenvalue weighted by molar-refractivity contribution is 5.42. The summed E-state index contributed by atoms with van der Waals surface area (Å²) in [6.45, 7) is 2.47. The zero-order valence-corrected chi connectivity index (χ0v) is 9.55. The highest BCUT2D eigenvalue weighted by Crippen LogP contribution is 2.36. The van der Waals surface area contributed by atoms with E-state index in [0.29, 0.717) is 12.4 Å². The van der Waals surface area contributed by atoms with Crippen molar-refractivity contribution in [2.24, 2.45) is 5.73 Å². The fourth-order valence-electron chi connectivity index (χ4n) is 2.04. The van der Waals surface area contributed by atoms with Gasteiger partial charge in [0.05, 0.1) is 12.0 Å². The Morgan fingerprint density at radius 1 is 1.47 bits per heavy atom. The first-order chi connectivity index (χ1) is 8.25. The number of ether oxygens (including phenoxy) is 1. The van der Waals surface area contributed by atoms with Crippen LogP contribution in [0.3, 0.4) is 0 Å². The molecule has 3 rings (SSSR count). The smallest absolute Gasteiger partial charge is 0.167 e. The van der Waals surface area contributed by atoms with Crippen molar-refractivity contribution in [3.63, 3.8) is 0 Å². The lowest BCUT2D eigenvalue weighted by Gasteiger charge is -2.03. The quantitative estimate of drug-likeness (QED) is 0.816. The summed E-state index contributed by atoms with van der Waals surface area (Å²) in [6.07, 6.45) is 0. The summed E-state index contributed by atoms with van der Waals surface area (Å²) in [5.74, 6) is 2.52.